The molecule has 2 rings (SSSR count). The van der Waals surface area contributed by atoms with Gasteiger partial charge in [0.1, 0.15) is 5.75 Å². The summed E-state index contributed by atoms with van der Waals surface area (Å²) in [5.74, 6) is 0.374. The Labute approximate surface area is 148 Å². The number of aryl methyl sites for hydroxylation is 1. The number of nitrogens with zero attached hydrogens (tertiary/aromatic N) is 1. The summed E-state index contributed by atoms with van der Waals surface area (Å²) in [5.41, 5.74) is 2.84. The topological polar surface area (TPSA) is 46.6 Å². The molecule has 0 aliphatic heterocycles. The standard InChI is InChI=1S/C21H23NO3/c1-4-16-5-7-17(8-6-16)9-14-20(23)18-10-12-19(13-11-18)25-15-21(24)22(2)3/h5-14H,4,15H2,1-3H3/b14-9+. The van der Waals surface area contributed by atoms with Crippen LogP contribution in [0.15, 0.2) is 54.6 Å². The van der Waals surface area contributed by atoms with Crippen LogP contribution in [0.25, 0.3) is 6.08 Å². The molecule has 1 amide bonds. The number of likely N-dealkylation sites (N-methyl/N-ethyl adjacent to an activating group) is 1. The molecule has 2 aromatic carbocycles. The van der Waals surface area contributed by atoms with Crippen molar-refractivity contribution in [2.45, 2.75) is 13.3 Å². The van der Waals surface area contributed by atoms with Gasteiger partial charge in [-0.3, -0.25) is 9.59 Å². The molecule has 0 bridgehead atoms. The first-order valence-electron chi connectivity index (χ1n) is 8.24. The Balaban J connectivity index is 1.95. The van der Waals surface area contributed by atoms with Crippen LogP contribution in [0.3, 0.4) is 0 Å². The first-order chi connectivity index (χ1) is 12.0. The normalized spacial score (nSPS) is 10.7. The molecular weight excluding hydrogens is 314 g/mol. The number of hydrogen-bond acceptors (Lipinski definition) is 3. The Morgan fingerprint density at radius 3 is 2.20 bits per heavy atom. The van der Waals surface area contributed by atoms with Crippen molar-refractivity contribution >= 4 is 17.8 Å². The van der Waals surface area contributed by atoms with Gasteiger partial charge in [-0.15, -0.1) is 0 Å². The summed E-state index contributed by atoms with van der Waals surface area (Å²) < 4.78 is 5.39. The van der Waals surface area contributed by atoms with Crippen molar-refractivity contribution in [1.82, 2.24) is 4.90 Å². The molecule has 4 heteroatoms. The highest BCUT2D eigenvalue weighted by molar-refractivity contribution is 6.06. The molecule has 0 heterocycles. The highest BCUT2D eigenvalue weighted by atomic mass is 16.5. The lowest BCUT2D eigenvalue weighted by Crippen LogP contribution is -2.27. The predicted molar refractivity (Wildman–Crippen MR) is 99.8 cm³/mol. The average Bonchev–Trinajstić information content (AvgIpc) is 2.64. The number of allylic oxidation sites excluding steroid dienone is 1. The summed E-state index contributed by atoms with van der Waals surface area (Å²) in [6, 6.07) is 14.9. The number of benzene rings is 2. The molecule has 0 fully saturated rings. The van der Waals surface area contributed by atoms with Gasteiger partial charge in [0, 0.05) is 19.7 Å². The van der Waals surface area contributed by atoms with Crippen LogP contribution in [0.1, 0.15) is 28.4 Å². The Morgan fingerprint density at radius 1 is 1.00 bits per heavy atom. The molecule has 130 valence electrons. The second kappa shape index (κ2) is 8.83. The molecule has 0 aliphatic rings. The molecule has 0 saturated carbocycles. The molecule has 0 N–H and O–H groups in total. The van der Waals surface area contributed by atoms with Gasteiger partial charge >= 0.3 is 0 Å². The fraction of sp³-hybridized carbons (Fsp3) is 0.238. The molecule has 0 aromatic heterocycles. The Morgan fingerprint density at radius 2 is 1.64 bits per heavy atom. The molecule has 0 atom stereocenters. The first-order valence-corrected chi connectivity index (χ1v) is 8.24. The minimum absolute atomic E-state index is 0.0199. The van der Waals surface area contributed by atoms with Crippen molar-refractivity contribution in [3.8, 4) is 5.75 Å². The number of carbonyl (C=O) groups is 2. The first kappa shape index (κ1) is 18.5. The zero-order valence-corrected chi connectivity index (χ0v) is 14.9. The van der Waals surface area contributed by atoms with Gasteiger partial charge in [0.2, 0.25) is 0 Å². The van der Waals surface area contributed by atoms with E-state index in [0.29, 0.717) is 11.3 Å². The summed E-state index contributed by atoms with van der Waals surface area (Å²) in [6.45, 7) is 2.09. The largest absolute Gasteiger partial charge is 0.484 e. The highest BCUT2D eigenvalue weighted by Crippen LogP contribution is 2.14. The zero-order chi connectivity index (χ0) is 18.2. The second-order valence-corrected chi connectivity index (χ2v) is 5.89. The van der Waals surface area contributed by atoms with E-state index >= 15 is 0 Å². The highest BCUT2D eigenvalue weighted by Gasteiger charge is 2.06. The lowest BCUT2D eigenvalue weighted by Gasteiger charge is -2.11. The number of amides is 1. The Hall–Kier alpha value is -2.88. The number of ether oxygens (including phenoxy) is 1. The maximum atomic E-state index is 12.2. The molecule has 2 aromatic rings. The van der Waals surface area contributed by atoms with E-state index in [4.69, 9.17) is 4.74 Å². The Bertz CT molecular complexity index is 744. The number of hydrogen-bond donors (Lipinski definition) is 0. The van der Waals surface area contributed by atoms with E-state index in [2.05, 4.69) is 19.1 Å². The van der Waals surface area contributed by atoms with Gasteiger partial charge < -0.3 is 9.64 Å². The van der Waals surface area contributed by atoms with Crippen molar-refractivity contribution in [2.75, 3.05) is 20.7 Å². The maximum Gasteiger partial charge on any atom is 0.259 e. The Kier molecular flexibility index (Phi) is 6.52. The smallest absolute Gasteiger partial charge is 0.259 e. The van der Waals surface area contributed by atoms with Gasteiger partial charge in [-0.25, -0.2) is 0 Å². The second-order valence-electron chi connectivity index (χ2n) is 5.89. The molecule has 4 nitrogen and oxygen atoms in total. The van der Waals surface area contributed by atoms with E-state index in [-0.39, 0.29) is 18.3 Å². The fourth-order valence-corrected chi connectivity index (χ4v) is 2.12. The SMILES string of the molecule is CCc1ccc(/C=C/C(=O)c2ccc(OCC(=O)N(C)C)cc2)cc1. The average molecular weight is 337 g/mol. The van der Waals surface area contributed by atoms with Crippen molar-refractivity contribution in [2.24, 2.45) is 0 Å². The predicted octanol–water partition coefficient (Wildman–Crippen LogP) is 3.61. The van der Waals surface area contributed by atoms with Gasteiger partial charge in [0.25, 0.3) is 5.91 Å². The van der Waals surface area contributed by atoms with Gasteiger partial charge in [-0.2, -0.15) is 0 Å². The minimum Gasteiger partial charge on any atom is -0.484 e. The van der Waals surface area contributed by atoms with Crippen LogP contribution in [0.2, 0.25) is 0 Å². The maximum absolute atomic E-state index is 12.2. The summed E-state index contributed by atoms with van der Waals surface area (Å²) >= 11 is 0. The van der Waals surface area contributed by atoms with Crippen molar-refractivity contribution < 1.29 is 14.3 Å². The number of carbonyl (C=O) groups excluding carboxylic acids is 2. The monoisotopic (exact) mass is 337 g/mol. The van der Waals surface area contributed by atoms with Crippen LogP contribution in [0, 0.1) is 0 Å². The van der Waals surface area contributed by atoms with E-state index in [1.807, 2.05) is 18.2 Å². The molecule has 0 saturated heterocycles. The summed E-state index contributed by atoms with van der Waals surface area (Å²) in [6.07, 6.45) is 4.37. The zero-order valence-electron chi connectivity index (χ0n) is 14.9. The van der Waals surface area contributed by atoms with E-state index in [0.717, 1.165) is 12.0 Å². The van der Waals surface area contributed by atoms with Crippen molar-refractivity contribution in [3.63, 3.8) is 0 Å². The third kappa shape index (κ3) is 5.60. The molecule has 0 radical (unpaired) electrons. The van der Waals surface area contributed by atoms with E-state index in [1.54, 1.807) is 44.4 Å². The van der Waals surface area contributed by atoms with E-state index in [9.17, 15) is 9.59 Å². The fourth-order valence-electron chi connectivity index (χ4n) is 2.12. The third-order valence-electron chi connectivity index (χ3n) is 3.82. The lowest BCUT2D eigenvalue weighted by atomic mass is 10.1. The van der Waals surface area contributed by atoms with Gasteiger partial charge in [0.05, 0.1) is 0 Å². The third-order valence-corrected chi connectivity index (χ3v) is 3.82. The number of ketones is 1. The minimum atomic E-state index is -0.114. The molecule has 0 spiro atoms. The summed E-state index contributed by atoms with van der Waals surface area (Å²) in [7, 11) is 3.35. The van der Waals surface area contributed by atoms with Gasteiger partial charge in [0.15, 0.2) is 12.4 Å². The van der Waals surface area contributed by atoms with Crippen molar-refractivity contribution in [3.05, 3.63) is 71.3 Å². The summed E-state index contributed by atoms with van der Waals surface area (Å²) in [4.78, 5) is 25.2. The quantitative estimate of drug-likeness (QED) is 0.573. The van der Waals surface area contributed by atoms with Crippen LogP contribution in [0.4, 0.5) is 0 Å². The summed E-state index contributed by atoms with van der Waals surface area (Å²) in [5, 5.41) is 0. The lowest BCUT2D eigenvalue weighted by molar-refractivity contribution is -0.130. The molecular formula is C21H23NO3. The van der Waals surface area contributed by atoms with Gasteiger partial charge in [-0.05, 0) is 47.9 Å². The van der Waals surface area contributed by atoms with Crippen molar-refractivity contribution in [1.29, 1.82) is 0 Å². The molecule has 0 unspecified atom stereocenters. The van der Waals surface area contributed by atoms with Gasteiger partial charge in [-0.1, -0.05) is 37.3 Å². The van der Waals surface area contributed by atoms with Crippen LogP contribution in [-0.4, -0.2) is 37.3 Å². The van der Waals surface area contributed by atoms with Crippen LogP contribution >= 0.6 is 0 Å². The van der Waals surface area contributed by atoms with E-state index in [1.165, 1.54) is 10.5 Å². The molecule has 25 heavy (non-hydrogen) atoms. The van der Waals surface area contributed by atoms with Crippen LogP contribution in [0.5, 0.6) is 5.75 Å². The van der Waals surface area contributed by atoms with E-state index < -0.39 is 0 Å². The molecule has 0 aliphatic carbocycles. The van der Waals surface area contributed by atoms with Crippen LogP contribution < -0.4 is 4.74 Å². The number of rotatable bonds is 7. The van der Waals surface area contributed by atoms with Crippen LogP contribution in [-0.2, 0) is 11.2 Å².